The lowest BCUT2D eigenvalue weighted by molar-refractivity contribution is -0.129. The molecule has 0 amide bonds. The van der Waals surface area contributed by atoms with Crippen LogP contribution in [-0.2, 0) is 9.53 Å². The van der Waals surface area contributed by atoms with Crippen LogP contribution in [0.4, 0.5) is 0 Å². The molecular formula is C25H21NO5. The van der Waals surface area contributed by atoms with Gasteiger partial charge in [-0.15, -0.1) is 0 Å². The molecule has 1 heterocycles. The van der Waals surface area contributed by atoms with Crippen LogP contribution in [0, 0.1) is 0 Å². The third-order valence-electron chi connectivity index (χ3n) is 4.89. The van der Waals surface area contributed by atoms with E-state index >= 15 is 0 Å². The first-order chi connectivity index (χ1) is 15.1. The summed E-state index contributed by atoms with van der Waals surface area (Å²) in [7, 11) is 4.59. The Bertz CT molecular complexity index is 1160. The van der Waals surface area contributed by atoms with E-state index in [2.05, 4.69) is 4.99 Å². The number of benzene rings is 3. The minimum atomic E-state index is -0.529. The molecule has 1 aliphatic rings. The van der Waals surface area contributed by atoms with Crippen LogP contribution in [-0.4, -0.2) is 33.2 Å². The lowest BCUT2D eigenvalue weighted by Gasteiger charge is -2.14. The average Bonchev–Trinajstić information content (AvgIpc) is 3.19. The van der Waals surface area contributed by atoms with Crippen molar-refractivity contribution in [3.05, 3.63) is 83.6 Å². The van der Waals surface area contributed by atoms with Gasteiger partial charge in [-0.2, -0.15) is 0 Å². The van der Waals surface area contributed by atoms with Crippen molar-refractivity contribution in [1.29, 1.82) is 0 Å². The van der Waals surface area contributed by atoms with Gasteiger partial charge in [-0.1, -0.05) is 42.5 Å². The number of methoxy groups -OCH3 is 3. The summed E-state index contributed by atoms with van der Waals surface area (Å²) in [5.74, 6) is 1.14. The molecule has 6 nitrogen and oxygen atoms in total. The molecule has 0 atom stereocenters. The van der Waals surface area contributed by atoms with Crippen LogP contribution in [0.5, 0.6) is 17.2 Å². The van der Waals surface area contributed by atoms with Crippen LogP contribution in [0.25, 0.3) is 17.2 Å². The monoisotopic (exact) mass is 415 g/mol. The Morgan fingerprint density at radius 2 is 1.39 bits per heavy atom. The van der Waals surface area contributed by atoms with Crippen molar-refractivity contribution in [1.82, 2.24) is 0 Å². The molecule has 31 heavy (non-hydrogen) atoms. The normalized spacial score (nSPS) is 14.2. The standard InChI is InChI=1S/C25H21NO5/c1-28-21-14-13-19(22(29-2)23(21)30-3)15-20-25(27)31-24(26-20)18-11-9-17(10-12-18)16-7-5-4-6-8-16/h4-15H,1-3H3. The number of aliphatic imine (C=N–C) groups is 1. The van der Waals surface area contributed by atoms with Crippen molar-refractivity contribution in [2.24, 2.45) is 4.99 Å². The van der Waals surface area contributed by atoms with E-state index in [1.54, 1.807) is 25.3 Å². The van der Waals surface area contributed by atoms with Gasteiger partial charge in [0, 0.05) is 11.1 Å². The van der Waals surface area contributed by atoms with Gasteiger partial charge >= 0.3 is 5.97 Å². The van der Waals surface area contributed by atoms with E-state index in [9.17, 15) is 4.79 Å². The van der Waals surface area contributed by atoms with Crippen molar-refractivity contribution in [2.45, 2.75) is 0 Å². The molecule has 0 unspecified atom stereocenters. The summed E-state index contributed by atoms with van der Waals surface area (Å²) in [4.78, 5) is 16.8. The minimum Gasteiger partial charge on any atom is -0.493 e. The molecule has 0 saturated heterocycles. The Kier molecular flexibility index (Phi) is 5.71. The van der Waals surface area contributed by atoms with Crippen LogP contribution in [0.3, 0.4) is 0 Å². The van der Waals surface area contributed by atoms with Crippen molar-refractivity contribution < 1.29 is 23.7 Å². The van der Waals surface area contributed by atoms with Gasteiger partial charge in [0.1, 0.15) is 0 Å². The zero-order chi connectivity index (χ0) is 21.8. The number of hydrogen-bond acceptors (Lipinski definition) is 6. The maximum Gasteiger partial charge on any atom is 0.363 e. The first kappa shape index (κ1) is 20.2. The fraction of sp³-hybridized carbons (Fsp3) is 0.120. The van der Waals surface area contributed by atoms with Crippen molar-refractivity contribution in [3.8, 4) is 28.4 Å². The Morgan fingerprint density at radius 3 is 2.03 bits per heavy atom. The summed E-state index contributed by atoms with van der Waals surface area (Å²) in [5.41, 5.74) is 3.69. The first-order valence-corrected chi connectivity index (χ1v) is 9.62. The number of rotatable bonds is 6. The predicted molar refractivity (Wildman–Crippen MR) is 119 cm³/mol. The van der Waals surface area contributed by atoms with Crippen LogP contribution < -0.4 is 14.2 Å². The summed E-state index contributed by atoms with van der Waals surface area (Å²) >= 11 is 0. The fourth-order valence-corrected chi connectivity index (χ4v) is 3.35. The molecule has 3 aromatic carbocycles. The van der Waals surface area contributed by atoms with Gasteiger partial charge in [-0.3, -0.25) is 0 Å². The summed E-state index contributed by atoms with van der Waals surface area (Å²) in [6.07, 6.45) is 1.61. The smallest absolute Gasteiger partial charge is 0.363 e. The quantitative estimate of drug-likeness (QED) is 0.430. The minimum absolute atomic E-state index is 0.174. The second-order valence-electron chi connectivity index (χ2n) is 6.70. The lowest BCUT2D eigenvalue weighted by Crippen LogP contribution is -2.05. The molecule has 3 aromatic rings. The van der Waals surface area contributed by atoms with Crippen molar-refractivity contribution in [3.63, 3.8) is 0 Å². The number of carbonyl (C=O) groups excluding carboxylic acids is 1. The Morgan fingerprint density at radius 1 is 0.742 bits per heavy atom. The molecule has 0 aromatic heterocycles. The zero-order valence-corrected chi connectivity index (χ0v) is 17.4. The Hall–Kier alpha value is -4.06. The molecule has 0 radical (unpaired) electrons. The van der Waals surface area contributed by atoms with Gasteiger partial charge in [0.25, 0.3) is 0 Å². The number of carbonyl (C=O) groups is 1. The third kappa shape index (κ3) is 4.00. The maximum absolute atomic E-state index is 12.4. The summed E-state index contributed by atoms with van der Waals surface area (Å²) in [5, 5.41) is 0. The largest absolute Gasteiger partial charge is 0.493 e. The predicted octanol–water partition coefficient (Wildman–Crippen LogP) is 4.72. The number of hydrogen-bond donors (Lipinski definition) is 0. The molecule has 1 aliphatic heterocycles. The number of nitrogens with zero attached hydrogens (tertiary/aromatic N) is 1. The highest BCUT2D eigenvalue weighted by molar-refractivity contribution is 6.13. The van der Waals surface area contributed by atoms with E-state index in [-0.39, 0.29) is 11.6 Å². The fourth-order valence-electron chi connectivity index (χ4n) is 3.35. The molecule has 0 bridgehead atoms. The number of cyclic esters (lactones) is 1. The third-order valence-corrected chi connectivity index (χ3v) is 4.89. The van der Waals surface area contributed by atoms with E-state index in [0.717, 1.165) is 16.7 Å². The van der Waals surface area contributed by atoms with E-state index < -0.39 is 5.97 Å². The first-order valence-electron chi connectivity index (χ1n) is 9.62. The highest BCUT2D eigenvalue weighted by Gasteiger charge is 2.25. The Labute approximate surface area is 180 Å². The molecule has 0 fully saturated rings. The zero-order valence-electron chi connectivity index (χ0n) is 17.4. The van der Waals surface area contributed by atoms with Gasteiger partial charge in [0.15, 0.2) is 17.2 Å². The lowest BCUT2D eigenvalue weighted by atomic mass is 10.0. The Balaban J connectivity index is 1.65. The van der Waals surface area contributed by atoms with Gasteiger partial charge in [0.05, 0.1) is 21.3 Å². The van der Waals surface area contributed by atoms with Gasteiger partial charge in [-0.25, -0.2) is 9.79 Å². The topological polar surface area (TPSA) is 66.4 Å². The van der Waals surface area contributed by atoms with E-state index in [4.69, 9.17) is 18.9 Å². The number of esters is 1. The van der Waals surface area contributed by atoms with Crippen molar-refractivity contribution in [2.75, 3.05) is 21.3 Å². The van der Waals surface area contributed by atoms with Gasteiger partial charge < -0.3 is 18.9 Å². The molecule has 156 valence electrons. The van der Waals surface area contributed by atoms with E-state index in [1.165, 1.54) is 14.2 Å². The summed E-state index contributed by atoms with van der Waals surface area (Å²) in [6, 6.07) is 21.3. The maximum atomic E-state index is 12.4. The second kappa shape index (κ2) is 8.75. The molecule has 4 rings (SSSR count). The number of ether oxygens (including phenoxy) is 4. The highest BCUT2D eigenvalue weighted by atomic mass is 16.6. The molecule has 0 N–H and O–H groups in total. The second-order valence-corrected chi connectivity index (χ2v) is 6.70. The molecule has 0 saturated carbocycles. The molecule has 0 spiro atoms. The van der Waals surface area contributed by atoms with Crippen molar-refractivity contribution >= 4 is 17.9 Å². The van der Waals surface area contributed by atoms with Crippen LogP contribution in [0.2, 0.25) is 0 Å². The van der Waals surface area contributed by atoms with Gasteiger partial charge in [-0.05, 0) is 41.5 Å². The molecular weight excluding hydrogens is 394 g/mol. The van der Waals surface area contributed by atoms with E-state index in [0.29, 0.717) is 22.8 Å². The van der Waals surface area contributed by atoms with Gasteiger partial charge in [0.2, 0.25) is 11.6 Å². The SMILES string of the molecule is COc1ccc(C=C2N=C(c3ccc(-c4ccccc4)cc3)OC2=O)c(OC)c1OC. The van der Waals surface area contributed by atoms with E-state index in [1.807, 2.05) is 54.6 Å². The molecule has 6 heteroatoms. The molecule has 0 aliphatic carbocycles. The summed E-state index contributed by atoms with van der Waals surface area (Å²) in [6.45, 7) is 0. The van der Waals surface area contributed by atoms with Crippen LogP contribution >= 0.6 is 0 Å². The average molecular weight is 415 g/mol. The summed E-state index contributed by atoms with van der Waals surface area (Å²) < 4.78 is 21.6. The van der Waals surface area contributed by atoms with Crippen LogP contribution in [0.1, 0.15) is 11.1 Å². The highest BCUT2D eigenvalue weighted by Crippen LogP contribution is 2.41. The van der Waals surface area contributed by atoms with Crippen LogP contribution in [0.15, 0.2) is 77.4 Å².